The second kappa shape index (κ2) is 5.22. The van der Waals surface area contributed by atoms with Gasteiger partial charge in [-0.1, -0.05) is 23.8 Å². The van der Waals surface area contributed by atoms with E-state index >= 15 is 0 Å². The molecule has 2 nitrogen and oxygen atoms in total. The van der Waals surface area contributed by atoms with E-state index in [-0.39, 0.29) is 12.4 Å². The van der Waals surface area contributed by atoms with Crippen molar-refractivity contribution in [2.45, 2.75) is 13.8 Å². The fourth-order valence-electron chi connectivity index (χ4n) is 1.03. The van der Waals surface area contributed by atoms with Gasteiger partial charge >= 0.3 is 0 Å². The fraction of sp³-hybridized carbons (Fsp3) is 0.250. The molecule has 0 atom stereocenters. The monoisotopic (exact) mass is 190 g/mol. The Kier molecular flexibility index (Phi) is 3.92. The molecule has 0 radical (unpaired) electrons. The van der Waals surface area contributed by atoms with Crippen molar-refractivity contribution in [3.05, 3.63) is 42.0 Å². The van der Waals surface area contributed by atoms with Crippen LogP contribution in [-0.4, -0.2) is 12.4 Å². The third-order valence-corrected chi connectivity index (χ3v) is 1.57. The van der Waals surface area contributed by atoms with E-state index in [1.165, 1.54) is 0 Å². The Balaban J connectivity index is 2.42. The Bertz CT molecular complexity index is 321. The predicted octanol–water partition coefficient (Wildman–Crippen LogP) is 2.60. The number of benzene rings is 1. The van der Waals surface area contributed by atoms with Gasteiger partial charge in [0.25, 0.3) is 0 Å². The summed E-state index contributed by atoms with van der Waals surface area (Å²) in [4.78, 5) is 11.2. The van der Waals surface area contributed by atoms with Crippen molar-refractivity contribution in [2.24, 2.45) is 0 Å². The first-order valence-electron chi connectivity index (χ1n) is 4.54. The van der Waals surface area contributed by atoms with Gasteiger partial charge in [-0.2, -0.15) is 0 Å². The molecule has 0 unspecified atom stereocenters. The quantitative estimate of drug-likeness (QED) is 0.682. The number of carbonyl (C=O) groups excluding carboxylic acids is 1. The molecule has 0 heterocycles. The number of hydrogen-bond donors (Lipinski definition) is 0. The number of carbonyl (C=O) groups is 1. The van der Waals surface area contributed by atoms with Crippen LogP contribution in [0.25, 0.3) is 0 Å². The van der Waals surface area contributed by atoms with E-state index in [2.05, 4.69) is 0 Å². The Morgan fingerprint density at radius 2 is 1.93 bits per heavy atom. The molecule has 0 spiro atoms. The molecule has 0 fully saturated rings. The van der Waals surface area contributed by atoms with E-state index in [9.17, 15) is 4.79 Å². The van der Waals surface area contributed by atoms with Crippen molar-refractivity contribution >= 4 is 5.78 Å². The number of para-hydroxylation sites is 1. The van der Waals surface area contributed by atoms with Crippen molar-refractivity contribution in [1.82, 2.24) is 0 Å². The lowest BCUT2D eigenvalue weighted by molar-refractivity contribution is -0.116. The van der Waals surface area contributed by atoms with Gasteiger partial charge in [0.1, 0.15) is 5.75 Å². The van der Waals surface area contributed by atoms with Crippen molar-refractivity contribution < 1.29 is 9.53 Å². The first-order chi connectivity index (χ1) is 6.68. The number of ether oxygens (including phenoxy) is 1. The summed E-state index contributed by atoms with van der Waals surface area (Å²) in [6, 6.07) is 9.32. The molecule has 2 heteroatoms. The summed E-state index contributed by atoms with van der Waals surface area (Å²) in [5.74, 6) is 0.719. The maximum Gasteiger partial charge on any atom is 0.192 e. The number of ketones is 1. The van der Waals surface area contributed by atoms with Gasteiger partial charge < -0.3 is 4.74 Å². The van der Waals surface area contributed by atoms with Gasteiger partial charge in [-0.05, 0) is 32.1 Å². The molecule has 0 aromatic heterocycles. The average molecular weight is 190 g/mol. The minimum atomic E-state index is -0.00569. The Hall–Kier alpha value is -1.57. The van der Waals surface area contributed by atoms with E-state index < -0.39 is 0 Å². The summed E-state index contributed by atoms with van der Waals surface area (Å²) in [6.45, 7) is 3.88. The minimum absolute atomic E-state index is 0.00569. The standard InChI is InChI=1S/C12H14O2/c1-10(2)8-11(13)9-14-12-6-4-3-5-7-12/h3-8H,9H2,1-2H3. The zero-order chi connectivity index (χ0) is 10.4. The molecular weight excluding hydrogens is 176 g/mol. The highest BCUT2D eigenvalue weighted by Crippen LogP contribution is 2.07. The second-order valence-corrected chi connectivity index (χ2v) is 3.29. The van der Waals surface area contributed by atoms with Gasteiger partial charge in [0.05, 0.1) is 0 Å². The molecule has 1 aromatic carbocycles. The Morgan fingerprint density at radius 3 is 2.50 bits per heavy atom. The molecule has 1 aromatic rings. The SMILES string of the molecule is CC(C)=CC(=O)COc1ccccc1. The van der Waals surface area contributed by atoms with Crippen LogP contribution in [0.1, 0.15) is 13.8 Å². The molecule has 0 aliphatic carbocycles. The summed E-state index contributed by atoms with van der Waals surface area (Å²) < 4.78 is 5.27. The second-order valence-electron chi connectivity index (χ2n) is 3.29. The predicted molar refractivity (Wildman–Crippen MR) is 56.4 cm³/mol. The van der Waals surface area contributed by atoms with Crippen LogP contribution < -0.4 is 4.74 Å². The van der Waals surface area contributed by atoms with E-state index in [1.54, 1.807) is 6.08 Å². The largest absolute Gasteiger partial charge is 0.485 e. The van der Waals surface area contributed by atoms with E-state index in [4.69, 9.17) is 4.74 Å². The number of hydrogen-bond acceptors (Lipinski definition) is 2. The molecule has 1 rings (SSSR count). The highest BCUT2D eigenvalue weighted by Gasteiger charge is 1.98. The smallest absolute Gasteiger partial charge is 0.192 e. The van der Waals surface area contributed by atoms with Crippen LogP contribution in [0.15, 0.2) is 42.0 Å². The van der Waals surface area contributed by atoms with Crippen LogP contribution in [0.5, 0.6) is 5.75 Å². The zero-order valence-corrected chi connectivity index (χ0v) is 8.49. The van der Waals surface area contributed by atoms with Crippen molar-refractivity contribution in [1.29, 1.82) is 0 Å². The van der Waals surface area contributed by atoms with E-state index in [1.807, 2.05) is 44.2 Å². The molecule has 0 saturated heterocycles. The summed E-state index contributed by atoms with van der Waals surface area (Å²) in [5, 5.41) is 0. The summed E-state index contributed by atoms with van der Waals surface area (Å²) in [7, 11) is 0. The molecular formula is C12H14O2. The van der Waals surface area contributed by atoms with Crippen molar-refractivity contribution in [2.75, 3.05) is 6.61 Å². The third kappa shape index (κ3) is 3.90. The average Bonchev–Trinajstić information content (AvgIpc) is 2.15. The highest BCUT2D eigenvalue weighted by atomic mass is 16.5. The topological polar surface area (TPSA) is 26.3 Å². The first kappa shape index (κ1) is 10.5. The van der Waals surface area contributed by atoms with Gasteiger partial charge in [0.15, 0.2) is 12.4 Å². The Labute approximate surface area is 84.2 Å². The van der Waals surface area contributed by atoms with Gasteiger partial charge in [0.2, 0.25) is 0 Å². The maximum atomic E-state index is 11.2. The van der Waals surface area contributed by atoms with Gasteiger partial charge in [-0.15, -0.1) is 0 Å². The lowest BCUT2D eigenvalue weighted by Gasteiger charge is -2.02. The summed E-state index contributed by atoms with van der Waals surface area (Å²) in [6.07, 6.45) is 1.59. The van der Waals surface area contributed by atoms with Crippen LogP contribution in [0.4, 0.5) is 0 Å². The van der Waals surface area contributed by atoms with Crippen LogP contribution in [0.2, 0.25) is 0 Å². The van der Waals surface area contributed by atoms with Gasteiger partial charge in [-0.3, -0.25) is 4.79 Å². The van der Waals surface area contributed by atoms with Crippen molar-refractivity contribution in [3.8, 4) is 5.75 Å². The lowest BCUT2D eigenvalue weighted by Crippen LogP contribution is -2.08. The number of rotatable bonds is 4. The van der Waals surface area contributed by atoms with Crippen LogP contribution in [-0.2, 0) is 4.79 Å². The molecule has 74 valence electrons. The summed E-state index contributed by atoms with van der Waals surface area (Å²) in [5.41, 5.74) is 0.992. The number of allylic oxidation sites excluding steroid dienone is 1. The molecule has 0 aliphatic heterocycles. The van der Waals surface area contributed by atoms with E-state index in [0.717, 1.165) is 11.3 Å². The molecule has 0 aliphatic rings. The van der Waals surface area contributed by atoms with Crippen LogP contribution in [0, 0.1) is 0 Å². The van der Waals surface area contributed by atoms with Crippen LogP contribution in [0.3, 0.4) is 0 Å². The van der Waals surface area contributed by atoms with Gasteiger partial charge in [-0.25, -0.2) is 0 Å². The summed E-state index contributed by atoms with van der Waals surface area (Å²) >= 11 is 0. The minimum Gasteiger partial charge on any atom is -0.485 e. The molecule has 0 bridgehead atoms. The fourth-order valence-corrected chi connectivity index (χ4v) is 1.03. The van der Waals surface area contributed by atoms with Crippen molar-refractivity contribution in [3.63, 3.8) is 0 Å². The third-order valence-electron chi connectivity index (χ3n) is 1.57. The molecule has 0 N–H and O–H groups in total. The van der Waals surface area contributed by atoms with Gasteiger partial charge in [0, 0.05) is 0 Å². The first-order valence-corrected chi connectivity index (χ1v) is 4.54. The normalized spacial score (nSPS) is 9.29. The lowest BCUT2D eigenvalue weighted by atomic mass is 10.2. The highest BCUT2D eigenvalue weighted by molar-refractivity contribution is 5.91. The molecule has 0 saturated carbocycles. The Morgan fingerprint density at radius 1 is 1.29 bits per heavy atom. The van der Waals surface area contributed by atoms with Crippen LogP contribution >= 0.6 is 0 Å². The maximum absolute atomic E-state index is 11.2. The molecule has 14 heavy (non-hydrogen) atoms. The van der Waals surface area contributed by atoms with E-state index in [0.29, 0.717) is 0 Å². The molecule has 0 amide bonds. The zero-order valence-electron chi connectivity index (χ0n) is 8.49.